The van der Waals surface area contributed by atoms with Gasteiger partial charge in [-0.05, 0) is 31.5 Å². The third kappa shape index (κ3) is 1.08. The van der Waals surface area contributed by atoms with Crippen LogP contribution in [0, 0.1) is 13.8 Å². The Morgan fingerprint density at radius 1 is 1.33 bits per heavy atom. The van der Waals surface area contributed by atoms with Crippen molar-refractivity contribution in [3.63, 3.8) is 0 Å². The summed E-state index contributed by atoms with van der Waals surface area (Å²) in [6.07, 6.45) is 0. The molecule has 1 N–H and O–H groups in total. The molecule has 0 saturated carbocycles. The van der Waals surface area contributed by atoms with Crippen LogP contribution in [-0.2, 0) is 0 Å². The normalized spacial score (nSPS) is 10.9. The van der Waals surface area contributed by atoms with E-state index in [1.54, 1.807) is 0 Å². The Balaban J connectivity index is 2.83. The molecule has 2 nitrogen and oxygen atoms in total. The number of nitrogens with one attached hydrogen (secondary N) is 1. The quantitative estimate of drug-likeness (QED) is 0.621. The van der Waals surface area contributed by atoms with Crippen LogP contribution in [0.25, 0.3) is 11.0 Å². The van der Waals surface area contributed by atoms with E-state index in [9.17, 15) is 0 Å². The second kappa shape index (κ2) is 2.49. The van der Waals surface area contributed by atoms with E-state index in [1.165, 1.54) is 0 Å². The number of nitrogens with zero attached hydrogens (tertiary/aromatic N) is 1. The molecule has 62 valence electrons. The summed E-state index contributed by atoms with van der Waals surface area (Å²) in [5.74, 6) is 0. The Kier molecular flexibility index (Phi) is 1.58. The molecule has 0 atom stereocenters. The third-order valence-corrected chi connectivity index (χ3v) is 2.25. The summed E-state index contributed by atoms with van der Waals surface area (Å²) in [7, 11) is 0. The van der Waals surface area contributed by atoms with Crippen molar-refractivity contribution in [3.05, 3.63) is 28.5 Å². The van der Waals surface area contributed by atoms with Gasteiger partial charge in [0.05, 0.1) is 0 Å². The van der Waals surface area contributed by atoms with Crippen LogP contribution in [0.15, 0.2) is 12.1 Å². The lowest BCUT2D eigenvalue weighted by Crippen LogP contribution is -1.81. The predicted octanol–water partition coefficient (Wildman–Crippen LogP) is 2.83. The molecule has 2 heterocycles. The van der Waals surface area contributed by atoms with Crippen molar-refractivity contribution in [2.24, 2.45) is 0 Å². The highest BCUT2D eigenvalue weighted by molar-refractivity contribution is 6.30. The fourth-order valence-electron chi connectivity index (χ4n) is 1.28. The van der Waals surface area contributed by atoms with Gasteiger partial charge in [-0.2, -0.15) is 0 Å². The standard InChI is InChI=1S/C9H9ClN2/c1-5-3-7-4-6(2)11-9(7)12-8(5)10/h3-4H,1-2H3,(H,11,12). The number of aryl methyl sites for hydroxylation is 2. The summed E-state index contributed by atoms with van der Waals surface area (Å²) < 4.78 is 0. The summed E-state index contributed by atoms with van der Waals surface area (Å²) in [5.41, 5.74) is 2.99. The van der Waals surface area contributed by atoms with Crippen molar-refractivity contribution in [1.29, 1.82) is 0 Å². The Bertz CT molecular complexity index is 392. The fraction of sp³-hybridized carbons (Fsp3) is 0.222. The van der Waals surface area contributed by atoms with E-state index in [1.807, 2.05) is 19.9 Å². The van der Waals surface area contributed by atoms with E-state index in [-0.39, 0.29) is 0 Å². The maximum absolute atomic E-state index is 5.87. The molecule has 12 heavy (non-hydrogen) atoms. The third-order valence-electron chi connectivity index (χ3n) is 1.87. The molecule has 3 heteroatoms. The second-order valence-corrected chi connectivity index (χ2v) is 3.34. The molecule has 2 aromatic rings. The molecule has 0 aromatic carbocycles. The molecule has 0 aliphatic rings. The second-order valence-electron chi connectivity index (χ2n) is 2.99. The molecule has 0 fully saturated rings. The Hall–Kier alpha value is -1.02. The summed E-state index contributed by atoms with van der Waals surface area (Å²) >= 11 is 5.87. The molecule has 0 radical (unpaired) electrons. The van der Waals surface area contributed by atoms with Crippen LogP contribution in [0.2, 0.25) is 5.15 Å². The highest BCUT2D eigenvalue weighted by atomic mass is 35.5. The number of hydrogen-bond donors (Lipinski definition) is 1. The van der Waals surface area contributed by atoms with Crippen molar-refractivity contribution in [2.75, 3.05) is 0 Å². The van der Waals surface area contributed by atoms with Crippen molar-refractivity contribution in [1.82, 2.24) is 9.97 Å². The number of aromatic nitrogens is 2. The van der Waals surface area contributed by atoms with Crippen LogP contribution in [0.5, 0.6) is 0 Å². The van der Waals surface area contributed by atoms with E-state index in [0.29, 0.717) is 5.15 Å². The number of rotatable bonds is 0. The Labute approximate surface area is 75.6 Å². The number of aromatic amines is 1. The maximum atomic E-state index is 5.87. The number of hydrogen-bond acceptors (Lipinski definition) is 1. The monoisotopic (exact) mass is 180 g/mol. The molecular formula is C9H9ClN2. The van der Waals surface area contributed by atoms with Gasteiger partial charge in [-0.3, -0.25) is 0 Å². The van der Waals surface area contributed by atoms with Gasteiger partial charge in [-0.1, -0.05) is 11.6 Å². The lowest BCUT2D eigenvalue weighted by Gasteiger charge is -1.95. The van der Waals surface area contributed by atoms with E-state index < -0.39 is 0 Å². The number of H-pyrrole nitrogens is 1. The van der Waals surface area contributed by atoms with E-state index >= 15 is 0 Å². The lowest BCUT2D eigenvalue weighted by molar-refractivity contribution is 1.24. The average Bonchev–Trinajstić information content (AvgIpc) is 2.30. The van der Waals surface area contributed by atoms with Gasteiger partial charge in [0, 0.05) is 11.1 Å². The highest BCUT2D eigenvalue weighted by Gasteiger charge is 2.02. The number of fused-ring (bicyclic) bond motifs is 1. The SMILES string of the molecule is Cc1cc2cc(C)c(Cl)nc2[nH]1. The Morgan fingerprint density at radius 3 is 2.83 bits per heavy atom. The van der Waals surface area contributed by atoms with Crippen molar-refractivity contribution in [2.45, 2.75) is 13.8 Å². The van der Waals surface area contributed by atoms with Gasteiger partial charge in [0.2, 0.25) is 0 Å². The zero-order valence-electron chi connectivity index (χ0n) is 6.98. The van der Waals surface area contributed by atoms with E-state index in [0.717, 1.165) is 22.3 Å². The molecule has 0 bridgehead atoms. The van der Waals surface area contributed by atoms with Gasteiger partial charge in [0.15, 0.2) is 0 Å². The molecule has 0 spiro atoms. The van der Waals surface area contributed by atoms with Gasteiger partial charge in [0.25, 0.3) is 0 Å². The Morgan fingerprint density at radius 2 is 2.08 bits per heavy atom. The molecule has 0 unspecified atom stereocenters. The average molecular weight is 181 g/mol. The van der Waals surface area contributed by atoms with Crippen molar-refractivity contribution in [3.8, 4) is 0 Å². The van der Waals surface area contributed by atoms with Crippen LogP contribution in [-0.4, -0.2) is 9.97 Å². The number of pyridine rings is 1. The molecule has 2 rings (SSSR count). The minimum absolute atomic E-state index is 0.573. The minimum atomic E-state index is 0.573. The van der Waals surface area contributed by atoms with Crippen LogP contribution >= 0.6 is 11.6 Å². The predicted molar refractivity (Wildman–Crippen MR) is 50.6 cm³/mol. The van der Waals surface area contributed by atoms with Crippen LogP contribution in [0.4, 0.5) is 0 Å². The fourth-order valence-corrected chi connectivity index (χ4v) is 1.42. The number of halogens is 1. The van der Waals surface area contributed by atoms with E-state index in [2.05, 4.69) is 16.0 Å². The van der Waals surface area contributed by atoms with Gasteiger partial charge >= 0.3 is 0 Å². The minimum Gasteiger partial charge on any atom is -0.344 e. The van der Waals surface area contributed by atoms with Gasteiger partial charge < -0.3 is 4.98 Å². The zero-order chi connectivity index (χ0) is 8.72. The molecular weight excluding hydrogens is 172 g/mol. The molecule has 0 amide bonds. The highest BCUT2D eigenvalue weighted by Crippen LogP contribution is 2.19. The first-order valence-corrected chi connectivity index (χ1v) is 4.17. The van der Waals surface area contributed by atoms with Crippen molar-refractivity contribution < 1.29 is 0 Å². The van der Waals surface area contributed by atoms with Gasteiger partial charge in [-0.25, -0.2) is 4.98 Å². The van der Waals surface area contributed by atoms with Crippen molar-refractivity contribution >= 4 is 22.6 Å². The molecule has 0 aliphatic heterocycles. The molecule has 0 aliphatic carbocycles. The first kappa shape index (κ1) is 7.62. The van der Waals surface area contributed by atoms with Crippen LogP contribution in [0.3, 0.4) is 0 Å². The summed E-state index contributed by atoms with van der Waals surface area (Å²) in [4.78, 5) is 7.34. The van der Waals surface area contributed by atoms with Crippen LogP contribution < -0.4 is 0 Å². The first-order valence-electron chi connectivity index (χ1n) is 3.79. The van der Waals surface area contributed by atoms with Gasteiger partial charge in [0.1, 0.15) is 10.8 Å². The largest absolute Gasteiger partial charge is 0.344 e. The van der Waals surface area contributed by atoms with Crippen LogP contribution in [0.1, 0.15) is 11.3 Å². The summed E-state index contributed by atoms with van der Waals surface area (Å²) in [6, 6.07) is 4.10. The van der Waals surface area contributed by atoms with E-state index in [4.69, 9.17) is 11.6 Å². The molecule has 2 aromatic heterocycles. The summed E-state index contributed by atoms with van der Waals surface area (Å²) in [6.45, 7) is 3.96. The smallest absolute Gasteiger partial charge is 0.139 e. The summed E-state index contributed by atoms with van der Waals surface area (Å²) in [5, 5.41) is 1.69. The maximum Gasteiger partial charge on any atom is 0.139 e. The molecule has 0 saturated heterocycles. The zero-order valence-corrected chi connectivity index (χ0v) is 7.74. The van der Waals surface area contributed by atoms with Gasteiger partial charge in [-0.15, -0.1) is 0 Å². The first-order chi connectivity index (χ1) is 5.66. The lowest BCUT2D eigenvalue weighted by atomic mass is 10.2. The topological polar surface area (TPSA) is 28.7 Å².